The van der Waals surface area contributed by atoms with Crippen LogP contribution in [0, 0.1) is 5.92 Å². The Morgan fingerprint density at radius 2 is 1.78 bits per heavy atom. The van der Waals surface area contributed by atoms with E-state index in [-0.39, 0.29) is 17.9 Å². The Balaban J connectivity index is 1.76. The van der Waals surface area contributed by atoms with Gasteiger partial charge in [-0.05, 0) is 51.9 Å². The van der Waals surface area contributed by atoms with Crippen molar-refractivity contribution in [2.75, 3.05) is 13.1 Å². The van der Waals surface area contributed by atoms with Crippen LogP contribution in [0.3, 0.4) is 0 Å². The van der Waals surface area contributed by atoms with Gasteiger partial charge in [0.25, 0.3) is 0 Å². The van der Waals surface area contributed by atoms with Gasteiger partial charge in [-0.2, -0.15) is 0 Å². The second-order valence-electron chi connectivity index (χ2n) is 7.29. The molecule has 5 nitrogen and oxygen atoms in total. The van der Waals surface area contributed by atoms with E-state index in [1.54, 1.807) is 13.8 Å². The Kier molecular flexibility index (Phi) is 6.88. The fourth-order valence-electron chi connectivity index (χ4n) is 3.63. The van der Waals surface area contributed by atoms with E-state index < -0.39 is 12.1 Å². The molecule has 1 aliphatic carbocycles. The van der Waals surface area contributed by atoms with Crippen molar-refractivity contribution >= 4 is 11.8 Å². The van der Waals surface area contributed by atoms with Crippen LogP contribution in [0.1, 0.15) is 65.7 Å². The molecular formula is C18H32N2O3. The lowest BCUT2D eigenvalue weighted by atomic mass is 9.88. The van der Waals surface area contributed by atoms with Crippen molar-refractivity contribution in [2.45, 2.75) is 84.0 Å². The number of likely N-dealkylation sites (tertiary alicyclic amines) is 1. The molecule has 0 unspecified atom stereocenters. The summed E-state index contributed by atoms with van der Waals surface area (Å²) in [7, 11) is 0. The second kappa shape index (κ2) is 8.67. The first-order valence-corrected chi connectivity index (χ1v) is 9.22. The van der Waals surface area contributed by atoms with Crippen molar-refractivity contribution in [3.05, 3.63) is 0 Å². The summed E-state index contributed by atoms with van der Waals surface area (Å²) in [4.78, 5) is 26.5. The zero-order chi connectivity index (χ0) is 16.8. The molecule has 2 aliphatic rings. The summed E-state index contributed by atoms with van der Waals surface area (Å²) in [6.07, 6.45) is 7.47. The van der Waals surface area contributed by atoms with Crippen LogP contribution in [0.15, 0.2) is 0 Å². The first kappa shape index (κ1) is 18.2. The molecule has 1 saturated heterocycles. The first-order valence-electron chi connectivity index (χ1n) is 9.22. The van der Waals surface area contributed by atoms with Crippen molar-refractivity contribution in [1.29, 1.82) is 0 Å². The number of nitrogens with zero attached hydrogens (tertiary/aromatic N) is 1. The van der Waals surface area contributed by atoms with Gasteiger partial charge in [-0.1, -0.05) is 19.8 Å². The predicted octanol–water partition coefficient (Wildman–Crippen LogP) is 2.49. The molecule has 0 bridgehead atoms. The van der Waals surface area contributed by atoms with Crippen molar-refractivity contribution in [3.63, 3.8) is 0 Å². The van der Waals surface area contributed by atoms with Crippen molar-refractivity contribution in [3.8, 4) is 0 Å². The summed E-state index contributed by atoms with van der Waals surface area (Å²) < 4.78 is 5.91. The summed E-state index contributed by atoms with van der Waals surface area (Å²) in [5, 5.41) is 2.82. The molecular weight excluding hydrogens is 292 g/mol. The molecule has 0 radical (unpaired) electrons. The maximum Gasteiger partial charge on any atom is 0.249 e. The van der Waals surface area contributed by atoms with Gasteiger partial charge in [0.15, 0.2) is 0 Å². The van der Waals surface area contributed by atoms with Crippen molar-refractivity contribution < 1.29 is 14.3 Å². The predicted molar refractivity (Wildman–Crippen MR) is 90.0 cm³/mol. The zero-order valence-corrected chi connectivity index (χ0v) is 14.8. The van der Waals surface area contributed by atoms with Crippen molar-refractivity contribution in [2.24, 2.45) is 5.92 Å². The zero-order valence-electron chi connectivity index (χ0n) is 14.8. The van der Waals surface area contributed by atoms with E-state index in [9.17, 15) is 9.59 Å². The fourth-order valence-corrected chi connectivity index (χ4v) is 3.63. The lowest BCUT2D eigenvalue weighted by molar-refractivity contribution is -0.142. The highest BCUT2D eigenvalue weighted by molar-refractivity contribution is 5.89. The Labute approximate surface area is 140 Å². The summed E-state index contributed by atoms with van der Waals surface area (Å²) >= 11 is 0. The summed E-state index contributed by atoms with van der Waals surface area (Å²) in [6, 6.07) is -0.475. The van der Waals surface area contributed by atoms with Crippen LogP contribution < -0.4 is 5.32 Å². The van der Waals surface area contributed by atoms with E-state index >= 15 is 0 Å². The van der Waals surface area contributed by atoms with Gasteiger partial charge in [-0.3, -0.25) is 9.59 Å². The lowest BCUT2D eigenvalue weighted by Gasteiger charge is -2.31. The minimum atomic E-state index is -0.498. The van der Waals surface area contributed by atoms with Gasteiger partial charge in [0.05, 0.1) is 6.10 Å². The molecule has 1 saturated carbocycles. The Morgan fingerprint density at radius 1 is 1.09 bits per heavy atom. The average Bonchev–Trinajstić information content (AvgIpc) is 2.54. The van der Waals surface area contributed by atoms with Crippen LogP contribution in [0.5, 0.6) is 0 Å². The minimum absolute atomic E-state index is 0.0246. The highest BCUT2D eigenvalue weighted by Gasteiger charge is 2.27. The van der Waals surface area contributed by atoms with Crippen LogP contribution >= 0.6 is 0 Å². The summed E-state index contributed by atoms with van der Waals surface area (Å²) in [6.45, 7) is 7.41. The molecule has 1 aliphatic heterocycles. The quantitative estimate of drug-likeness (QED) is 0.845. The highest BCUT2D eigenvalue weighted by atomic mass is 16.5. The maximum atomic E-state index is 12.4. The third-order valence-corrected chi connectivity index (χ3v) is 5.05. The number of hydrogen-bond acceptors (Lipinski definition) is 3. The molecule has 0 aromatic rings. The van der Waals surface area contributed by atoms with Gasteiger partial charge in [-0.15, -0.1) is 0 Å². The van der Waals surface area contributed by atoms with E-state index in [1.807, 2.05) is 4.90 Å². The Morgan fingerprint density at radius 3 is 2.43 bits per heavy atom. The number of hydrogen-bond donors (Lipinski definition) is 1. The molecule has 1 heterocycles. The Bertz CT molecular complexity index is 407. The molecule has 4 atom stereocenters. The van der Waals surface area contributed by atoms with E-state index in [0.717, 1.165) is 38.8 Å². The topological polar surface area (TPSA) is 58.6 Å². The van der Waals surface area contributed by atoms with Crippen LogP contribution in [0.2, 0.25) is 0 Å². The number of ether oxygens (including phenoxy) is 1. The number of carbonyl (C=O) groups excluding carboxylic acids is 2. The summed E-state index contributed by atoms with van der Waals surface area (Å²) in [5.74, 6) is 0.515. The van der Waals surface area contributed by atoms with Gasteiger partial charge in [0, 0.05) is 13.1 Å². The monoisotopic (exact) mass is 324 g/mol. The number of piperidine rings is 1. The average molecular weight is 324 g/mol. The molecule has 132 valence electrons. The van der Waals surface area contributed by atoms with E-state index in [2.05, 4.69) is 12.2 Å². The molecule has 1 N–H and O–H groups in total. The van der Waals surface area contributed by atoms with Gasteiger partial charge < -0.3 is 15.0 Å². The fraction of sp³-hybridized carbons (Fsp3) is 0.889. The Hall–Kier alpha value is -1.10. The molecule has 2 amide bonds. The van der Waals surface area contributed by atoms with Crippen LogP contribution in [-0.4, -0.2) is 48.1 Å². The van der Waals surface area contributed by atoms with E-state index in [0.29, 0.717) is 5.92 Å². The largest absolute Gasteiger partial charge is 0.365 e. The van der Waals surface area contributed by atoms with Crippen LogP contribution in [-0.2, 0) is 14.3 Å². The molecule has 5 heteroatoms. The lowest BCUT2D eigenvalue weighted by Crippen LogP contribution is -2.51. The van der Waals surface area contributed by atoms with Crippen molar-refractivity contribution in [1.82, 2.24) is 10.2 Å². The SMILES string of the molecule is C[C@@H]1CCC[C@@H](O[C@@H](C)C(=O)N[C@@H](C)C(=O)N2CCCCC2)C1. The molecule has 0 aromatic heterocycles. The number of nitrogens with one attached hydrogen (secondary N) is 1. The van der Waals surface area contributed by atoms with Gasteiger partial charge in [-0.25, -0.2) is 0 Å². The van der Waals surface area contributed by atoms with Crippen LogP contribution in [0.25, 0.3) is 0 Å². The number of amides is 2. The summed E-state index contributed by atoms with van der Waals surface area (Å²) in [5.41, 5.74) is 0. The normalized spacial score (nSPS) is 28.0. The third-order valence-electron chi connectivity index (χ3n) is 5.05. The smallest absolute Gasteiger partial charge is 0.249 e. The highest BCUT2D eigenvalue weighted by Crippen LogP contribution is 2.26. The molecule has 0 aromatic carbocycles. The van der Waals surface area contributed by atoms with Gasteiger partial charge in [0.1, 0.15) is 12.1 Å². The number of carbonyl (C=O) groups is 2. The standard InChI is InChI=1S/C18H32N2O3/c1-13-8-7-9-16(12-13)23-15(3)17(21)19-14(2)18(22)20-10-5-4-6-11-20/h13-16H,4-12H2,1-3H3,(H,19,21)/t13-,14+,15+,16-/m1/s1. The number of rotatable bonds is 5. The third kappa shape index (κ3) is 5.48. The maximum absolute atomic E-state index is 12.4. The first-order chi connectivity index (χ1) is 11.0. The molecule has 2 rings (SSSR count). The minimum Gasteiger partial charge on any atom is -0.365 e. The molecule has 23 heavy (non-hydrogen) atoms. The van der Waals surface area contributed by atoms with E-state index in [4.69, 9.17) is 4.74 Å². The second-order valence-corrected chi connectivity index (χ2v) is 7.29. The molecule has 0 spiro atoms. The van der Waals surface area contributed by atoms with E-state index in [1.165, 1.54) is 19.3 Å². The van der Waals surface area contributed by atoms with Gasteiger partial charge >= 0.3 is 0 Å². The molecule has 2 fully saturated rings. The van der Waals surface area contributed by atoms with Crippen LogP contribution in [0.4, 0.5) is 0 Å². The van der Waals surface area contributed by atoms with Gasteiger partial charge in [0.2, 0.25) is 11.8 Å².